The minimum Gasteiger partial charge on any atom is -0.388 e. The second kappa shape index (κ2) is 4.08. The molecular weight excluding hydrogens is 178 g/mol. The fourth-order valence-corrected chi connectivity index (χ4v) is 1.05. The average molecular weight is 187 g/mol. The maximum atomic E-state index is 10.2. The van der Waals surface area contributed by atoms with Crippen molar-refractivity contribution in [3.63, 3.8) is 0 Å². The summed E-state index contributed by atoms with van der Waals surface area (Å²) in [6.07, 6.45) is 0. The zero-order valence-corrected chi connectivity index (χ0v) is 7.30. The van der Waals surface area contributed by atoms with E-state index in [0.29, 0.717) is 5.75 Å². The van der Waals surface area contributed by atoms with E-state index >= 15 is 0 Å². The van der Waals surface area contributed by atoms with E-state index in [4.69, 9.17) is 4.55 Å². The number of hydrogen-bond donors (Lipinski definition) is 2. The maximum absolute atomic E-state index is 10.2. The lowest BCUT2D eigenvalue weighted by Gasteiger charge is -2.02. The molecule has 0 saturated carbocycles. The van der Waals surface area contributed by atoms with E-state index in [-0.39, 0.29) is 0 Å². The fraction of sp³-hybridized carbons (Fsp3) is 0.143. The summed E-state index contributed by atoms with van der Waals surface area (Å²) in [5.41, 5.74) is 0.831. The Balaban J connectivity index is 2.79. The lowest BCUT2D eigenvalue weighted by Crippen LogP contribution is -1.97. The summed E-state index contributed by atoms with van der Waals surface area (Å²) >= 11 is -2.25. The van der Waals surface area contributed by atoms with Gasteiger partial charge in [0.2, 0.25) is 0 Å². The van der Waals surface area contributed by atoms with Crippen molar-refractivity contribution in [3.05, 3.63) is 24.3 Å². The third-order valence-corrected chi connectivity index (χ3v) is 1.63. The summed E-state index contributed by atoms with van der Waals surface area (Å²) in [6.45, 7) is 0. The minimum atomic E-state index is -2.25. The van der Waals surface area contributed by atoms with Gasteiger partial charge >= 0.3 is 11.4 Å². The number of rotatable bonds is 3. The standard InChI is InChI=1S/C7H9NO3S/c1-8-6-3-2-4-7(5-6)11-12(9)10/h2-5,8H,1H3,(H,9,10). The summed E-state index contributed by atoms with van der Waals surface area (Å²) < 4.78 is 23.2. The highest BCUT2D eigenvalue weighted by molar-refractivity contribution is 7.74. The minimum absolute atomic E-state index is 0.364. The first kappa shape index (κ1) is 9.02. The van der Waals surface area contributed by atoms with Gasteiger partial charge in [-0.2, -0.15) is 4.21 Å². The molecule has 0 aliphatic carbocycles. The fourth-order valence-electron chi connectivity index (χ4n) is 0.786. The van der Waals surface area contributed by atoms with Crippen LogP contribution in [0.15, 0.2) is 24.3 Å². The van der Waals surface area contributed by atoms with Crippen LogP contribution >= 0.6 is 0 Å². The highest BCUT2D eigenvalue weighted by Gasteiger charge is 1.97. The quantitative estimate of drug-likeness (QED) is 0.699. The largest absolute Gasteiger partial charge is 0.388 e. The molecule has 0 radical (unpaired) electrons. The summed E-state index contributed by atoms with van der Waals surface area (Å²) in [5.74, 6) is 0.364. The maximum Gasteiger partial charge on any atom is 0.357 e. The number of nitrogens with one attached hydrogen (secondary N) is 1. The first-order chi connectivity index (χ1) is 5.72. The second-order valence-electron chi connectivity index (χ2n) is 2.08. The molecule has 2 N–H and O–H groups in total. The van der Waals surface area contributed by atoms with Crippen LogP contribution in [0.1, 0.15) is 0 Å². The van der Waals surface area contributed by atoms with Crippen molar-refractivity contribution in [1.29, 1.82) is 0 Å². The van der Waals surface area contributed by atoms with E-state index in [1.54, 1.807) is 25.2 Å². The van der Waals surface area contributed by atoms with Crippen LogP contribution in [0, 0.1) is 0 Å². The Morgan fingerprint density at radius 1 is 1.58 bits per heavy atom. The van der Waals surface area contributed by atoms with Gasteiger partial charge in [-0.1, -0.05) is 6.07 Å². The lowest BCUT2D eigenvalue weighted by atomic mass is 10.3. The molecule has 0 aromatic heterocycles. The molecule has 0 spiro atoms. The van der Waals surface area contributed by atoms with Crippen LogP contribution in [0.3, 0.4) is 0 Å². The smallest absolute Gasteiger partial charge is 0.357 e. The van der Waals surface area contributed by atoms with Gasteiger partial charge in [-0.05, 0) is 12.1 Å². The second-order valence-corrected chi connectivity index (χ2v) is 2.68. The van der Waals surface area contributed by atoms with E-state index in [1.807, 2.05) is 6.07 Å². The Bertz CT molecular complexity index is 290. The van der Waals surface area contributed by atoms with Gasteiger partial charge in [0.05, 0.1) is 0 Å². The molecule has 0 heterocycles. The van der Waals surface area contributed by atoms with Gasteiger partial charge in [-0.3, -0.25) is 4.55 Å². The van der Waals surface area contributed by atoms with Crippen LogP contribution in [-0.4, -0.2) is 15.8 Å². The normalized spacial score (nSPS) is 12.2. The van der Waals surface area contributed by atoms with Crippen molar-refractivity contribution < 1.29 is 12.9 Å². The molecule has 1 aromatic rings. The van der Waals surface area contributed by atoms with Gasteiger partial charge in [0.1, 0.15) is 5.75 Å². The third kappa shape index (κ3) is 2.52. The van der Waals surface area contributed by atoms with Gasteiger partial charge in [0.25, 0.3) is 0 Å². The van der Waals surface area contributed by atoms with E-state index < -0.39 is 11.4 Å². The third-order valence-electron chi connectivity index (χ3n) is 1.29. The number of anilines is 1. The van der Waals surface area contributed by atoms with E-state index in [2.05, 4.69) is 9.50 Å². The van der Waals surface area contributed by atoms with Crippen molar-refractivity contribution in [2.24, 2.45) is 0 Å². The number of benzene rings is 1. The molecule has 0 aliphatic rings. The molecular formula is C7H9NO3S. The molecule has 66 valence electrons. The zero-order valence-electron chi connectivity index (χ0n) is 6.48. The summed E-state index contributed by atoms with van der Waals surface area (Å²) in [7, 11) is 1.76. The Morgan fingerprint density at radius 2 is 2.33 bits per heavy atom. The molecule has 0 bridgehead atoms. The molecule has 0 amide bonds. The Kier molecular flexibility index (Phi) is 3.07. The first-order valence-corrected chi connectivity index (χ1v) is 4.32. The lowest BCUT2D eigenvalue weighted by molar-refractivity contribution is 0.458. The van der Waals surface area contributed by atoms with E-state index in [0.717, 1.165) is 5.69 Å². The molecule has 4 nitrogen and oxygen atoms in total. The molecule has 1 unspecified atom stereocenters. The van der Waals surface area contributed by atoms with Gasteiger partial charge in [0.15, 0.2) is 0 Å². The predicted octanol–water partition coefficient (Wildman–Crippen LogP) is 1.24. The summed E-state index contributed by atoms with van der Waals surface area (Å²) in [5, 5.41) is 2.88. The number of hydrogen-bond acceptors (Lipinski definition) is 3. The Morgan fingerprint density at radius 3 is 2.92 bits per heavy atom. The van der Waals surface area contributed by atoms with Crippen LogP contribution in [0.5, 0.6) is 5.75 Å². The average Bonchev–Trinajstić information content (AvgIpc) is 2.03. The highest BCUT2D eigenvalue weighted by Crippen LogP contribution is 2.16. The molecule has 5 heteroatoms. The van der Waals surface area contributed by atoms with Gasteiger partial charge in [-0.25, -0.2) is 0 Å². The summed E-state index contributed by atoms with van der Waals surface area (Å²) in [6, 6.07) is 6.80. The predicted molar refractivity (Wildman–Crippen MR) is 47.4 cm³/mol. The van der Waals surface area contributed by atoms with E-state index in [1.165, 1.54) is 0 Å². The van der Waals surface area contributed by atoms with Crippen LogP contribution in [0.4, 0.5) is 5.69 Å². The first-order valence-electron chi connectivity index (χ1n) is 3.29. The Labute approximate surface area is 73.0 Å². The zero-order chi connectivity index (χ0) is 8.97. The van der Waals surface area contributed by atoms with Crippen molar-refractivity contribution in [3.8, 4) is 5.75 Å². The van der Waals surface area contributed by atoms with Crippen molar-refractivity contribution in [2.75, 3.05) is 12.4 Å². The molecule has 0 saturated heterocycles. The summed E-state index contributed by atoms with van der Waals surface area (Å²) in [4.78, 5) is 0. The van der Waals surface area contributed by atoms with Gasteiger partial charge in [-0.15, -0.1) is 0 Å². The molecule has 0 fully saturated rings. The Hall–Kier alpha value is -1.07. The van der Waals surface area contributed by atoms with Gasteiger partial charge in [0, 0.05) is 18.8 Å². The van der Waals surface area contributed by atoms with Crippen molar-refractivity contribution >= 4 is 17.0 Å². The van der Waals surface area contributed by atoms with Crippen molar-refractivity contribution in [2.45, 2.75) is 0 Å². The molecule has 1 atom stereocenters. The van der Waals surface area contributed by atoms with Gasteiger partial charge < -0.3 is 9.50 Å². The van der Waals surface area contributed by atoms with Crippen LogP contribution in [0.2, 0.25) is 0 Å². The van der Waals surface area contributed by atoms with E-state index in [9.17, 15) is 4.21 Å². The van der Waals surface area contributed by atoms with Crippen LogP contribution in [0.25, 0.3) is 0 Å². The SMILES string of the molecule is CNc1cccc(OS(=O)O)c1. The van der Waals surface area contributed by atoms with Crippen LogP contribution in [-0.2, 0) is 11.4 Å². The molecule has 1 rings (SSSR count). The molecule has 12 heavy (non-hydrogen) atoms. The van der Waals surface area contributed by atoms with Crippen LogP contribution < -0.4 is 9.50 Å². The topological polar surface area (TPSA) is 58.6 Å². The monoisotopic (exact) mass is 187 g/mol. The van der Waals surface area contributed by atoms with Crippen molar-refractivity contribution in [1.82, 2.24) is 0 Å². The highest BCUT2D eigenvalue weighted by atomic mass is 32.2. The molecule has 0 aliphatic heterocycles. The molecule has 1 aromatic carbocycles.